The molecular formula is C28H46O5. The van der Waals surface area contributed by atoms with Gasteiger partial charge in [-0.05, 0) is 50.3 Å². The van der Waals surface area contributed by atoms with Gasteiger partial charge in [0.25, 0.3) is 0 Å². The van der Waals surface area contributed by atoms with Crippen LogP contribution in [-0.2, 0) is 19.0 Å². The van der Waals surface area contributed by atoms with Crippen LogP contribution in [0.3, 0.4) is 0 Å². The first-order chi connectivity index (χ1) is 16.2. The molecule has 0 aliphatic heterocycles. The monoisotopic (exact) mass is 462 g/mol. The maximum absolute atomic E-state index is 12.5. The van der Waals surface area contributed by atoms with Gasteiger partial charge in [-0.2, -0.15) is 0 Å². The van der Waals surface area contributed by atoms with Crippen molar-refractivity contribution in [1.82, 2.24) is 0 Å². The molecule has 3 atom stereocenters. The Labute approximate surface area is 201 Å². The molecule has 1 fully saturated rings. The zero-order valence-corrected chi connectivity index (χ0v) is 21.2. The van der Waals surface area contributed by atoms with Crippen LogP contribution in [0.15, 0.2) is 24.3 Å². The van der Waals surface area contributed by atoms with Crippen molar-refractivity contribution in [2.75, 3.05) is 13.7 Å². The predicted octanol–water partition coefficient (Wildman–Crippen LogP) is 7.52. The van der Waals surface area contributed by atoms with Gasteiger partial charge in [-0.25, -0.2) is 0 Å². The molecule has 1 saturated carbocycles. The molecule has 1 aliphatic carbocycles. The highest BCUT2D eigenvalue weighted by Crippen LogP contribution is 2.36. The predicted molar refractivity (Wildman–Crippen MR) is 132 cm³/mol. The van der Waals surface area contributed by atoms with Gasteiger partial charge in [0.05, 0.1) is 6.61 Å². The van der Waals surface area contributed by atoms with Gasteiger partial charge in [0, 0.05) is 19.4 Å². The van der Waals surface area contributed by atoms with E-state index in [1.807, 2.05) is 19.1 Å². The Kier molecular flexibility index (Phi) is 14.2. The van der Waals surface area contributed by atoms with E-state index in [0.29, 0.717) is 18.8 Å². The lowest BCUT2D eigenvalue weighted by molar-refractivity contribution is -0.231. The molecule has 0 aromatic heterocycles. The molecule has 0 N–H and O–H groups in total. The van der Waals surface area contributed by atoms with Crippen molar-refractivity contribution in [3.63, 3.8) is 0 Å². The second-order valence-electron chi connectivity index (χ2n) is 9.16. The van der Waals surface area contributed by atoms with Gasteiger partial charge in [0.2, 0.25) is 0 Å². The summed E-state index contributed by atoms with van der Waals surface area (Å²) in [5, 5.41) is 0. The molecule has 0 heterocycles. The minimum atomic E-state index is -0.703. The van der Waals surface area contributed by atoms with Crippen LogP contribution in [0.4, 0.5) is 0 Å². The van der Waals surface area contributed by atoms with Crippen LogP contribution in [0, 0.1) is 0 Å². The lowest BCUT2D eigenvalue weighted by Crippen LogP contribution is -2.28. The van der Waals surface area contributed by atoms with Gasteiger partial charge in [0.1, 0.15) is 11.9 Å². The summed E-state index contributed by atoms with van der Waals surface area (Å²) in [7, 11) is 1.56. The first-order valence-electron chi connectivity index (χ1n) is 13.3. The van der Waals surface area contributed by atoms with E-state index in [0.717, 1.165) is 32.1 Å². The average Bonchev–Trinajstić information content (AvgIpc) is 2.83. The normalized spacial score (nSPS) is 19.2. The van der Waals surface area contributed by atoms with E-state index in [1.54, 1.807) is 7.11 Å². The summed E-state index contributed by atoms with van der Waals surface area (Å²) in [6.45, 7) is 3.97. The summed E-state index contributed by atoms with van der Waals surface area (Å²) in [4.78, 5) is 12.5. The van der Waals surface area contributed by atoms with Crippen LogP contribution in [0.1, 0.15) is 115 Å². The second kappa shape index (κ2) is 16.9. The number of hydrogen-bond acceptors (Lipinski definition) is 5. The first kappa shape index (κ1) is 27.7. The zero-order valence-electron chi connectivity index (χ0n) is 21.2. The molecule has 2 rings (SSSR count). The topological polar surface area (TPSA) is 54.0 Å². The quantitative estimate of drug-likeness (QED) is 0.136. The summed E-state index contributed by atoms with van der Waals surface area (Å²) >= 11 is 0. The number of unbranched alkanes of at least 4 members (excludes halogenated alkanes) is 8. The summed E-state index contributed by atoms with van der Waals surface area (Å²) < 4.78 is 22.2. The van der Waals surface area contributed by atoms with Crippen molar-refractivity contribution < 1.29 is 23.7 Å². The lowest BCUT2D eigenvalue weighted by atomic mass is 9.81. The number of rotatable bonds is 17. The SMILES string of the molecule is CCCCCCCCCCCC(=O)O[C@@H]1CCCC[C@H]1c1ccc(OC(OC)OCC)cc1. The molecule has 1 aromatic carbocycles. The molecule has 0 amide bonds. The summed E-state index contributed by atoms with van der Waals surface area (Å²) in [5.74, 6) is 0.924. The number of esters is 1. The fraction of sp³-hybridized carbons (Fsp3) is 0.750. The van der Waals surface area contributed by atoms with Gasteiger partial charge in [0.15, 0.2) is 0 Å². The number of methoxy groups -OCH3 is 1. The Bertz CT molecular complexity index is 630. The molecule has 1 aliphatic rings. The molecule has 188 valence electrons. The standard InChI is InChI=1S/C28H46O5/c1-4-6-7-8-9-10-11-12-13-18-27(29)33-26-17-15-14-16-25(26)23-19-21-24(22-20-23)32-28(30-3)31-5-2/h19-22,25-26,28H,4-18H2,1-3H3/t25-,26+,28?/m0/s1. The Balaban J connectivity index is 1.74. The number of hydrogen-bond donors (Lipinski definition) is 0. The van der Waals surface area contributed by atoms with E-state index < -0.39 is 6.48 Å². The van der Waals surface area contributed by atoms with Crippen molar-refractivity contribution in [3.05, 3.63) is 29.8 Å². The van der Waals surface area contributed by atoms with Crippen LogP contribution in [0.25, 0.3) is 0 Å². The number of benzene rings is 1. The molecule has 0 bridgehead atoms. The van der Waals surface area contributed by atoms with Gasteiger partial charge in [-0.3, -0.25) is 4.79 Å². The molecule has 5 heteroatoms. The van der Waals surface area contributed by atoms with Crippen LogP contribution in [0.2, 0.25) is 0 Å². The maximum atomic E-state index is 12.5. The van der Waals surface area contributed by atoms with Crippen molar-refractivity contribution in [2.45, 2.75) is 122 Å². The molecule has 1 unspecified atom stereocenters. The molecule has 0 spiro atoms. The van der Waals surface area contributed by atoms with Crippen LogP contribution >= 0.6 is 0 Å². The number of ether oxygens (including phenoxy) is 4. The average molecular weight is 463 g/mol. The van der Waals surface area contributed by atoms with E-state index in [9.17, 15) is 4.79 Å². The smallest absolute Gasteiger partial charge is 0.315 e. The Morgan fingerprint density at radius 3 is 2.18 bits per heavy atom. The number of carbonyl (C=O) groups is 1. The third kappa shape index (κ3) is 10.9. The largest absolute Gasteiger partial charge is 0.462 e. The van der Waals surface area contributed by atoms with Crippen molar-refractivity contribution in [1.29, 1.82) is 0 Å². The van der Waals surface area contributed by atoms with Crippen LogP contribution < -0.4 is 4.74 Å². The van der Waals surface area contributed by atoms with E-state index >= 15 is 0 Å². The van der Waals surface area contributed by atoms with E-state index in [-0.39, 0.29) is 18.0 Å². The van der Waals surface area contributed by atoms with Crippen LogP contribution in [-0.4, -0.2) is 32.3 Å². The van der Waals surface area contributed by atoms with Gasteiger partial charge >= 0.3 is 12.4 Å². The Morgan fingerprint density at radius 2 is 1.55 bits per heavy atom. The molecule has 5 nitrogen and oxygen atoms in total. The van der Waals surface area contributed by atoms with Crippen molar-refractivity contribution >= 4 is 5.97 Å². The highest BCUT2D eigenvalue weighted by molar-refractivity contribution is 5.69. The highest BCUT2D eigenvalue weighted by Gasteiger charge is 2.29. The van der Waals surface area contributed by atoms with E-state index in [1.165, 1.54) is 56.9 Å². The minimum Gasteiger partial charge on any atom is -0.462 e. The van der Waals surface area contributed by atoms with Crippen LogP contribution in [0.5, 0.6) is 5.75 Å². The second-order valence-corrected chi connectivity index (χ2v) is 9.16. The summed E-state index contributed by atoms with van der Waals surface area (Å²) in [6.07, 6.45) is 16.1. The fourth-order valence-electron chi connectivity index (χ4n) is 4.62. The van der Waals surface area contributed by atoms with E-state index in [4.69, 9.17) is 18.9 Å². The summed E-state index contributed by atoms with van der Waals surface area (Å²) in [5.41, 5.74) is 1.20. The van der Waals surface area contributed by atoms with Crippen molar-refractivity contribution in [2.24, 2.45) is 0 Å². The number of carbonyl (C=O) groups excluding carboxylic acids is 1. The van der Waals surface area contributed by atoms with E-state index in [2.05, 4.69) is 19.1 Å². The molecule has 0 radical (unpaired) electrons. The maximum Gasteiger partial charge on any atom is 0.315 e. The van der Waals surface area contributed by atoms with Gasteiger partial charge in [-0.1, -0.05) is 76.8 Å². The zero-order chi connectivity index (χ0) is 23.7. The Hall–Kier alpha value is -1.59. The first-order valence-corrected chi connectivity index (χ1v) is 13.3. The lowest BCUT2D eigenvalue weighted by Gasteiger charge is -2.31. The fourth-order valence-corrected chi connectivity index (χ4v) is 4.62. The Morgan fingerprint density at radius 1 is 0.909 bits per heavy atom. The molecule has 0 saturated heterocycles. The molecule has 1 aromatic rings. The minimum absolute atomic E-state index is 0.0215. The highest BCUT2D eigenvalue weighted by atomic mass is 16.8. The van der Waals surface area contributed by atoms with Gasteiger partial charge in [-0.15, -0.1) is 0 Å². The third-order valence-electron chi connectivity index (χ3n) is 6.51. The molecule has 33 heavy (non-hydrogen) atoms. The van der Waals surface area contributed by atoms with Crippen molar-refractivity contribution in [3.8, 4) is 5.75 Å². The van der Waals surface area contributed by atoms with Gasteiger partial charge < -0.3 is 18.9 Å². The molecular weight excluding hydrogens is 416 g/mol. The summed E-state index contributed by atoms with van der Waals surface area (Å²) in [6, 6.07) is 8.03. The third-order valence-corrected chi connectivity index (χ3v) is 6.51.